The second-order valence-electron chi connectivity index (χ2n) is 4.99. The van der Waals surface area contributed by atoms with Gasteiger partial charge < -0.3 is 15.3 Å². The van der Waals surface area contributed by atoms with Crippen LogP contribution in [-0.4, -0.2) is 31.3 Å². The van der Waals surface area contributed by atoms with Gasteiger partial charge in [0.15, 0.2) is 0 Å². The number of nitrogens with one attached hydrogen (secondary N) is 1. The SMILES string of the molecule is CCN(CCO)c1ccc(CNCC(C)C)cc1. The van der Waals surface area contributed by atoms with Crippen molar-refractivity contribution >= 4 is 5.69 Å². The summed E-state index contributed by atoms with van der Waals surface area (Å²) < 4.78 is 0. The number of likely N-dealkylation sites (N-methyl/N-ethyl adjacent to an activating group) is 1. The van der Waals surface area contributed by atoms with Crippen molar-refractivity contribution in [3.05, 3.63) is 29.8 Å². The molecule has 0 aliphatic heterocycles. The van der Waals surface area contributed by atoms with Crippen molar-refractivity contribution < 1.29 is 5.11 Å². The smallest absolute Gasteiger partial charge is 0.0606 e. The number of aliphatic hydroxyl groups excluding tert-OH is 1. The average Bonchev–Trinajstić information content (AvgIpc) is 2.36. The number of anilines is 1. The molecule has 18 heavy (non-hydrogen) atoms. The molecule has 0 aromatic heterocycles. The van der Waals surface area contributed by atoms with Gasteiger partial charge >= 0.3 is 0 Å². The first-order valence-corrected chi connectivity index (χ1v) is 6.82. The van der Waals surface area contributed by atoms with E-state index in [9.17, 15) is 0 Å². The van der Waals surface area contributed by atoms with Crippen molar-refractivity contribution in [3.8, 4) is 0 Å². The van der Waals surface area contributed by atoms with Crippen molar-refractivity contribution in [3.63, 3.8) is 0 Å². The quantitative estimate of drug-likeness (QED) is 0.743. The van der Waals surface area contributed by atoms with Crippen LogP contribution >= 0.6 is 0 Å². The molecule has 2 N–H and O–H groups in total. The summed E-state index contributed by atoms with van der Waals surface area (Å²) in [5.74, 6) is 0.685. The Morgan fingerprint density at radius 1 is 1.22 bits per heavy atom. The maximum Gasteiger partial charge on any atom is 0.0606 e. The van der Waals surface area contributed by atoms with Gasteiger partial charge in [0, 0.05) is 25.3 Å². The normalized spacial score (nSPS) is 10.9. The molecule has 0 aliphatic carbocycles. The van der Waals surface area contributed by atoms with Gasteiger partial charge in [-0.25, -0.2) is 0 Å². The van der Waals surface area contributed by atoms with Crippen LogP contribution in [0.25, 0.3) is 0 Å². The zero-order valence-corrected chi connectivity index (χ0v) is 11.8. The van der Waals surface area contributed by atoms with Gasteiger partial charge in [-0.1, -0.05) is 26.0 Å². The number of benzene rings is 1. The van der Waals surface area contributed by atoms with Crippen LogP contribution in [0.15, 0.2) is 24.3 Å². The van der Waals surface area contributed by atoms with Crippen LogP contribution < -0.4 is 10.2 Å². The molecule has 3 nitrogen and oxygen atoms in total. The van der Waals surface area contributed by atoms with Gasteiger partial charge in [0.2, 0.25) is 0 Å². The van der Waals surface area contributed by atoms with Crippen LogP contribution in [0.2, 0.25) is 0 Å². The molecule has 0 saturated heterocycles. The molecule has 102 valence electrons. The van der Waals surface area contributed by atoms with Crippen LogP contribution in [0, 0.1) is 5.92 Å². The third kappa shape index (κ3) is 5.07. The van der Waals surface area contributed by atoms with E-state index in [0.29, 0.717) is 12.5 Å². The summed E-state index contributed by atoms with van der Waals surface area (Å²) in [7, 11) is 0. The molecule has 0 saturated carbocycles. The lowest BCUT2D eigenvalue weighted by Crippen LogP contribution is -2.26. The van der Waals surface area contributed by atoms with Gasteiger partial charge in [-0.15, -0.1) is 0 Å². The largest absolute Gasteiger partial charge is 0.395 e. The van der Waals surface area contributed by atoms with E-state index in [1.54, 1.807) is 0 Å². The lowest BCUT2D eigenvalue weighted by Gasteiger charge is -2.22. The molecular weight excluding hydrogens is 224 g/mol. The maximum atomic E-state index is 9.00. The predicted molar refractivity (Wildman–Crippen MR) is 78.0 cm³/mol. The second-order valence-corrected chi connectivity index (χ2v) is 4.99. The maximum absolute atomic E-state index is 9.00. The van der Waals surface area contributed by atoms with Gasteiger partial charge in [-0.3, -0.25) is 0 Å². The average molecular weight is 250 g/mol. The predicted octanol–water partition coefficient (Wildman–Crippen LogP) is 2.25. The van der Waals surface area contributed by atoms with Gasteiger partial charge in [0.1, 0.15) is 0 Å². The zero-order valence-electron chi connectivity index (χ0n) is 11.8. The van der Waals surface area contributed by atoms with Crippen LogP contribution in [0.4, 0.5) is 5.69 Å². The third-order valence-electron chi connectivity index (χ3n) is 2.93. The van der Waals surface area contributed by atoms with Gasteiger partial charge in [-0.05, 0) is 37.1 Å². The minimum Gasteiger partial charge on any atom is -0.395 e. The molecule has 0 amide bonds. The first kappa shape index (κ1) is 15.0. The number of hydrogen-bond donors (Lipinski definition) is 2. The molecule has 0 bridgehead atoms. The fourth-order valence-corrected chi connectivity index (χ4v) is 1.92. The first-order valence-electron chi connectivity index (χ1n) is 6.82. The van der Waals surface area contributed by atoms with Crippen LogP contribution in [0.3, 0.4) is 0 Å². The Balaban J connectivity index is 2.50. The zero-order chi connectivity index (χ0) is 13.4. The third-order valence-corrected chi connectivity index (χ3v) is 2.93. The van der Waals surface area contributed by atoms with Crippen molar-refractivity contribution in [2.75, 3.05) is 31.1 Å². The first-order chi connectivity index (χ1) is 8.67. The van der Waals surface area contributed by atoms with Crippen LogP contribution in [0.5, 0.6) is 0 Å². The Morgan fingerprint density at radius 3 is 2.39 bits per heavy atom. The van der Waals surface area contributed by atoms with E-state index < -0.39 is 0 Å². The molecule has 1 rings (SSSR count). The van der Waals surface area contributed by atoms with Crippen molar-refractivity contribution in [1.82, 2.24) is 5.32 Å². The highest BCUT2D eigenvalue weighted by Gasteiger charge is 2.03. The number of nitrogens with zero attached hydrogens (tertiary/aromatic N) is 1. The minimum atomic E-state index is 0.200. The summed E-state index contributed by atoms with van der Waals surface area (Å²) in [6.07, 6.45) is 0. The van der Waals surface area contributed by atoms with Crippen molar-refractivity contribution in [2.45, 2.75) is 27.3 Å². The van der Waals surface area contributed by atoms with Gasteiger partial charge in [0.25, 0.3) is 0 Å². The van der Waals surface area contributed by atoms with E-state index in [0.717, 1.165) is 19.6 Å². The van der Waals surface area contributed by atoms with E-state index in [2.05, 4.69) is 55.3 Å². The Hall–Kier alpha value is -1.06. The van der Waals surface area contributed by atoms with Crippen LogP contribution in [-0.2, 0) is 6.54 Å². The molecule has 0 unspecified atom stereocenters. The summed E-state index contributed by atoms with van der Waals surface area (Å²) in [5.41, 5.74) is 2.48. The fraction of sp³-hybridized carbons (Fsp3) is 0.600. The number of hydrogen-bond acceptors (Lipinski definition) is 3. The minimum absolute atomic E-state index is 0.200. The summed E-state index contributed by atoms with van der Waals surface area (Å²) in [6, 6.07) is 8.57. The Bertz CT molecular complexity index is 322. The summed E-state index contributed by atoms with van der Waals surface area (Å²) >= 11 is 0. The van der Waals surface area contributed by atoms with Gasteiger partial charge in [-0.2, -0.15) is 0 Å². The highest BCUT2D eigenvalue weighted by molar-refractivity contribution is 5.47. The van der Waals surface area contributed by atoms with Crippen LogP contribution in [0.1, 0.15) is 26.3 Å². The van der Waals surface area contributed by atoms with Crippen molar-refractivity contribution in [2.24, 2.45) is 5.92 Å². The molecule has 0 aliphatic rings. The molecule has 0 atom stereocenters. The Labute approximate surface area is 111 Å². The molecular formula is C15H26N2O. The lowest BCUT2D eigenvalue weighted by molar-refractivity contribution is 0.302. The second kappa shape index (κ2) is 8.11. The standard InChI is InChI=1S/C15H26N2O/c1-4-17(9-10-18)15-7-5-14(6-8-15)12-16-11-13(2)3/h5-8,13,16,18H,4,9-12H2,1-3H3. The van der Waals surface area contributed by atoms with E-state index in [1.165, 1.54) is 11.3 Å². The number of aliphatic hydroxyl groups is 1. The fourth-order valence-electron chi connectivity index (χ4n) is 1.92. The molecule has 1 aromatic carbocycles. The highest BCUT2D eigenvalue weighted by atomic mass is 16.3. The summed E-state index contributed by atoms with van der Waals surface area (Å²) in [4.78, 5) is 2.17. The van der Waals surface area contributed by atoms with Gasteiger partial charge in [0.05, 0.1) is 6.61 Å². The molecule has 0 spiro atoms. The van der Waals surface area contributed by atoms with E-state index in [4.69, 9.17) is 5.11 Å². The lowest BCUT2D eigenvalue weighted by atomic mass is 10.1. The summed E-state index contributed by atoms with van der Waals surface area (Å²) in [6.45, 7) is 10.3. The number of rotatable bonds is 8. The van der Waals surface area contributed by atoms with E-state index >= 15 is 0 Å². The monoisotopic (exact) mass is 250 g/mol. The molecule has 0 heterocycles. The van der Waals surface area contributed by atoms with E-state index in [-0.39, 0.29) is 6.61 Å². The molecule has 1 aromatic rings. The van der Waals surface area contributed by atoms with E-state index in [1.807, 2.05) is 0 Å². The molecule has 0 radical (unpaired) electrons. The molecule has 0 fully saturated rings. The van der Waals surface area contributed by atoms with Crippen molar-refractivity contribution in [1.29, 1.82) is 0 Å². The Kier molecular flexibility index (Phi) is 6.76. The topological polar surface area (TPSA) is 35.5 Å². The summed E-state index contributed by atoms with van der Waals surface area (Å²) in [5, 5.41) is 12.4. The Morgan fingerprint density at radius 2 is 1.89 bits per heavy atom. The highest BCUT2D eigenvalue weighted by Crippen LogP contribution is 2.14. The molecule has 3 heteroatoms.